The summed E-state index contributed by atoms with van der Waals surface area (Å²) in [6.07, 6.45) is 2.84. The van der Waals surface area contributed by atoms with Gasteiger partial charge in [-0.15, -0.1) is 10.2 Å². The number of hydrogen-bond donors (Lipinski definition) is 4. The zero-order chi connectivity index (χ0) is 22.7. The molecule has 5 N–H and O–H groups in total. The van der Waals surface area contributed by atoms with Crippen LogP contribution >= 0.6 is 0 Å². The number of pyridine rings is 1. The second kappa shape index (κ2) is 9.19. The van der Waals surface area contributed by atoms with E-state index in [-0.39, 0.29) is 18.2 Å². The second-order valence-corrected chi connectivity index (χ2v) is 7.93. The highest BCUT2D eigenvalue weighted by molar-refractivity contribution is 5.96. The van der Waals surface area contributed by atoms with Crippen molar-refractivity contribution >= 4 is 17.5 Å². The predicted molar refractivity (Wildman–Crippen MR) is 123 cm³/mol. The highest BCUT2D eigenvalue weighted by Crippen LogP contribution is 2.25. The molecular weight excluding hydrogens is 408 g/mol. The first-order valence-electron chi connectivity index (χ1n) is 10.5. The molecule has 0 saturated carbocycles. The Hall–Kier alpha value is -3.72. The summed E-state index contributed by atoms with van der Waals surface area (Å²) >= 11 is 0. The number of anilines is 2. The van der Waals surface area contributed by atoms with Gasteiger partial charge in [-0.05, 0) is 60.7 Å². The third-order valence-electron chi connectivity index (χ3n) is 5.79. The number of piperidine rings is 1. The number of aliphatic hydroxyl groups is 1. The molecule has 0 unspecified atom stereocenters. The number of nitrogens with two attached hydrogens (primary N) is 1. The molecule has 166 valence electrons. The zero-order valence-electron chi connectivity index (χ0n) is 17.8. The predicted octanol–water partition coefficient (Wildman–Crippen LogP) is 1.81. The van der Waals surface area contributed by atoms with Crippen LogP contribution in [0, 0.1) is 6.92 Å². The highest BCUT2D eigenvalue weighted by atomic mass is 16.3. The van der Waals surface area contributed by atoms with Gasteiger partial charge in [0.05, 0.1) is 6.10 Å². The zero-order valence-corrected chi connectivity index (χ0v) is 17.8. The molecule has 1 saturated heterocycles. The molecule has 3 aromatic rings. The van der Waals surface area contributed by atoms with Crippen LogP contribution in [0.3, 0.4) is 0 Å². The van der Waals surface area contributed by atoms with Gasteiger partial charge in [-0.1, -0.05) is 12.1 Å². The fourth-order valence-corrected chi connectivity index (χ4v) is 3.90. The number of amides is 1. The van der Waals surface area contributed by atoms with Gasteiger partial charge in [0.25, 0.3) is 5.56 Å². The van der Waals surface area contributed by atoms with Crippen molar-refractivity contribution < 1.29 is 9.90 Å². The molecule has 9 nitrogen and oxygen atoms in total. The molecule has 1 aliphatic heterocycles. The summed E-state index contributed by atoms with van der Waals surface area (Å²) in [5.41, 5.74) is 8.61. The monoisotopic (exact) mass is 434 g/mol. The minimum Gasteiger partial charge on any atom is -0.393 e. The largest absolute Gasteiger partial charge is 0.393 e. The Morgan fingerprint density at radius 3 is 2.72 bits per heavy atom. The van der Waals surface area contributed by atoms with E-state index in [1.54, 1.807) is 24.4 Å². The summed E-state index contributed by atoms with van der Waals surface area (Å²) < 4.78 is 0. The molecular formula is C23H26N6O3. The van der Waals surface area contributed by atoms with E-state index in [2.05, 4.69) is 25.4 Å². The average molecular weight is 435 g/mol. The van der Waals surface area contributed by atoms with E-state index in [4.69, 9.17) is 5.73 Å². The van der Waals surface area contributed by atoms with E-state index in [1.165, 1.54) is 0 Å². The molecule has 2 aromatic heterocycles. The van der Waals surface area contributed by atoms with Gasteiger partial charge in [0.1, 0.15) is 5.82 Å². The summed E-state index contributed by atoms with van der Waals surface area (Å²) in [5.74, 6) is 0.841. The fourth-order valence-electron chi connectivity index (χ4n) is 3.90. The Kier molecular flexibility index (Phi) is 6.18. The lowest BCUT2D eigenvalue weighted by Gasteiger charge is -2.30. The van der Waals surface area contributed by atoms with Gasteiger partial charge in [0.15, 0.2) is 5.82 Å². The van der Waals surface area contributed by atoms with Crippen molar-refractivity contribution in [2.24, 2.45) is 5.73 Å². The Morgan fingerprint density at radius 1 is 1.25 bits per heavy atom. The van der Waals surface area contributed by atoms with Crippen LogP contribution in [0.1, 0.15) is 34.3 Å². The van der Waals surface area contributed by atoms with Crippen LogP contribution in [0.15, 0.2) is 47.4 Å². The number of rotatable bonds is 6. The smallest absolute Gasteiger partial charge is 0.252 e. The first kappa shape index (κ1) is 21.5. The number of nitrogens with one attached hydrogen (secondary N) is 2. The maximum atomic E-state index is 12.3. The maximum absolute atomic E-state index is 12.3. The molecule has 0 bridgehead atoms. The Balaban J connectivity index is 1.48. The molecule has 1 fully saturated rings. The Bertz CT molecular complexity index is 1170. The normalized spacial score (nSPS) is 14.4. The van der Waals surface area contributed by atoms with E-state index in [1.807, 2.05) is 25.1 Å². The number of carbonyl (C=O) groups is 1. The summed E-state index contributed by atoms with van der Waals surface area (Å²) in [5, 5.41) is 21.3. The van der Waals surface area contributed by atoms with Gasteiger partial charge in [-0.25, -0.2) is 0 Å². The molecule has 1 aliphatic rings. The number of aromatic nitrogens is 3. The maximum Gasteiger partial charge on any atom is 0.252 e. The second-order valence-electron chi connectivity index (χ2n) is 7.93. The quantitative estimate of drug-likeness (QED) is 0.464. The van der Waals surface area contributed by atoms with Crippen LogP contribution in [0.2, 0.25) is 0 Å². The summed E-state index contributed by atoms with van der Waals surface area (Å²) in [6.45, 7) is 3.60. The number of nitrogens with zero attached hydrogens (tertiary/aromatic N) is 3. The minimum absolute atomic E-state index is 0.207. The van der Waals surface area contributed by atoms with Crippen molar-refractivity contribution in [1.29, 1.82) is 0 Å². The van der Waals surface area contributed by atoms with Crippen molar-refractivity contribution in [3.8, 4) is 11.1 Å². The molecule has 1 aromatic carbocycles. The van der Waals surface area contributed by atoms with E-state index in [0.29, 0.717) is 16.9 Å². The SMILES string of the molecule is Cc1c(C(N)=O)cccc1-c1c[nH]c(=O)c(CNc2ccc(N3CCC(O)CC3)nn2)c1. The number of aromatic amines is 1. The number of primary amides is 1. The average Bonchev–Trinajstić information content (AvgIpc) is 2.79. The van der Waals surface area contributed by atoms with Gasteiger partial charge in [0, 0.05) is 37.0 Å². The third-order valence-corrected chi connectivity index (χ3v) is 5.79. The van der Waals surface area contributed by atoms with Crippen molar-refractivity contribution in [2.45, 2.75) is 32.4 Å². The van der Waals surface area contributed by atoms with Crippen molar-refractivity contribution in [3.05, 3.63) is 69.6 Å². The van der Waals surface area contributed by atoms with Crippen molar-refractivity contribution in [1.82, 2.24) is 15.2 Å². The van der Waals surface area contributed by atoms with Crippen LogP contribution in [0.25, 0.3) is 11.1 Å². The molecule has 0 radical (unpaired) electrons. The molecule has 4 rings (SSSR count). The summed E-state index contributed by atoms with van der Waals surface area (Å²) in [4.78, 5) is 28.8. The molecule has 32 heavy (non-hydrogen) atoms. The number of benzene rings is 1. The Morgan fingerprint density at radius 2 is 2.03 bits per heavy atom. The van der Waals surface area contributed by atoms with E-state index in [0.717, 1.165) is 48.4 Å². The molecule has 0 aliphatic carbocycles. The topological polar surface area (TPSA) is 137 Å². The molecule has 3 heterocycles. The van der Waals surface area contributed by atoms with Crippen LogP contribution in [-0.4, -0.2) is 45.4 Å². The van der Waals surface area contributed by atoms with E-state index < -0.39 is 5.91 Å². The van der Waals surface area contributed by atoms with E-state index in [9.17, 15) is 14.7 Å². The minimum atomic E-state index is -0.488. The number of carbonyl (C=O) groups excluding carboxylic acids is 1. The number of aliphatic hydroxyl groups excluding tert-OH is 1. The lowest BCUT2D eigenvalue weighted by atomic mass is 9.96. The first-order valence-corrected chi connectivity index (χ1v) is 10.5. The lowest BCUT2D eigenvalue weighted by molar-refractivity contribution is 0.0999. The van der Waals surface area contributed by atoms with Gasteiger partial charge in [-0.2, -0.15) is 0 Å². The molecule has 1 amide bonds. The third kappa shape index (κ3) is 4.62. The van der Waals surface area contributed by atoms with Gasteiger partial charge in [0.2, 0.25) is 5.91 Å². The van der Waals surface area contributed by atoms with Crippen molar-refractivity contribution in [3.63, 3.8) is 0 Å². The van der Waals surface area contributed by atoms with Gasteiger partial charge >= 0.3 is 0 Å². The van der Waals surface area contributed by atoms with Crippen LogP contribution in [0.4, 0.5) is 11.6 Å². The standard InChI is InChI=1S/C23H26N6O3/c1-14-18(3-2-4-19(14)22(24)31)15-11-16(23(32)26-12-15)13-25-20-5-6-21(28-27-20)29-9-7-17(30)8-10-29/h2-6,11-12,17,30H,7-10,13H2,1H3,(H2,24,31)(H,25,27)(H,26,32). The van der Waals surface area contributed by atoms with Crippen LogP contribution in [-0.2, 0) is 6.54 Å². The van der Waals surface area contributed by atoms with Gasteiger partial charge in [-0.3, -0.25) is 9.59 Å². The van der Waals surface area contributed by atoms with E-state index >= 15 is 0 Å². The molecule has 9 heteroatoms. The first-order chi connectivity index (χ1) is 15.4. The number of hydrogen-bond acceptors (Lipinski definition) is 7. The summed E-state index contributed by atoms with van der Waals surface area (Å²) in [6, 6.07) is 10.8. The van der Waals surface area contributed by atoms with Crippen LogP contribution in [0.5, 0.6) is 0 Å². The molecule has 0 spiro atoms. The highest BCUT2D eigenvalue weighted by Gasteiger charge is 2.18. The molecule has 0 atom stereocenters. The summed E-state index contributed by atoms with van der Waals surface area (Å²) in [7, 11) is 0. The van der Waals surface area contributed by atoms with Gasteiger partial charge < -0.3 is 26.0 Å². The van der Waals surface area contributed by atoms with Crippen molar-refractivity contribution in [2.75, 3.05) is 23.3 Å². The fraction of sp³-hybridized carbons (Fsp3) is 0.304. The number of H-pyrrole nitrogens is 1. The van der Waals surface area contributed by atoms with Crippen LogP contribution < -0.4 is 21.5 Å². The lowest BCUT2D eigenvalue weighted by Crippen LogP contribution is -2.36. The Labute approximate surface area is 185 Å².